The van der Waals surface area contributed by atoms with Crippen molar-refractivity contribution in [2.24, 2.45) is 35.0 Å². The maximum absolute atomic E-state index is 12.0. The largest absolute Gasteiger partial charge is 0.451 e. The minimum Gasteiger partial charge on any atom is -0.451 e. The third kappa shape index (κ3) is 2.26. The molecule has 5 aliphatic rings. The van der Waals surface area contributed by atoms with E-state index < -0.39 is 0 Å². The van der Waals surface area contributed by atoms with Crippen molar-refractivity contribution in [1.82, 2.24) is 0 Å². The zero-order chi connectivity index (χ0) is 18.8. The normalized spacial score (nSPS) is 48.1. The van der Waals surface area contributed by atoms with Crippen LogP contribution in [0, 0.1) is 40.4 Å². The molecular formula is C24H33NO2. The Kier molecular flexibility index (Phi) is 3.97. The van der Waals surface area contributed by atoms with Gasteiger partial charge >= 0.3 is 5.97 Å². The topological polar surface area (TPSA) is 50.2 Å². The zero-order valence-corrected chi connectivity index (χ0v) is 16.8. The summed E-state index contributed by atoms with van der Waals surface area (Å²) < 4.78 is 6.05. The van der Waals surface area contributed by atoms with Crippen LogP contribution in [0.5, 0.6) is 0 Å². The molecule has 1 heterocycles. The van der Waals surface area contributed by atoms with Crippen LogP contribution in [0.2, 0.25) is 0 Å². The summed E-state index contributed by atoms with van der Waals surface area (Å²) in [5.74, 6) is 3.55. The van der Waals surface area contributed by atoms with Gasteiger partial charge < -0.3 is 10.1 Å². The number of nitrogens with one attached hydrogen (secondary N) is 1. The van der Waals surface area contributed by atoms with Gasteiger partial charge in [0, 0.05) is 17.2 Å². The van der Waals surface area contributed by atoms with Gasteiger partial charge in [0.15, 0.2) is 0 Å². The number of allylic oxidation sites excluding steroid dienone is 2. The SMILES string of the molecule is CCC1CC2=CC(=N)CC[C@@H]2C2CC[C@@]3(CC)C(CC[C@@]34C=CC(=O)O4)C12. The maximum atomic E-state index is 12.0. The molecule has 146 valence electrons. The van der Waals surface area contributed by atoms with E-state index in [1.807, 2.05) is 0 Å². The summed E-state index contributed by atoms with van der Waals surface area (Å²) in [4.78, 5) is 12.0. The molecular weight excluding hydrogens is 334 g/mol. The summed E-state index contributed by atoms with van der Waals surface area (Å²) >= 11 is 0. The predicted octanol–water partition coefficient (Wildman–Crippen LogP) is 5.46. The third-order valence-corrected chi connectivity index (χ3v) is 9.31. The second-order valence-corrected chi connectivity index (χ2v) is 9.84. The van der Waals surface area contributed by atoms with E-state index in [1.165, 1.54) is 38.5 Å². The second-order valence-electron chi connectivity index (χ2n) is 9.84. The molecule has 3 saturated carbocycles. The van der Waals surface area contributed by atoms with Crippen LogP contribution in [0.4, 0.5) is 0 Å². The van der Waals surface area contributed by atoms with Crippen LogP contribution in [0.1, 0.15) is 71.6 Å². The molecule has 1 spiro atoms. The van der Waals surface area contributed by atoms with Crippen LogP contribution in [0.15, 0.2) is 23.8 Å². The maximum Gasteiger partial charge on any atom is 0.331 e. The highest BCUT2D eigenvalue weighted by Crippen LogP contribution is 2.69. The average molecular weight is 368 g/mol. The lowest BCUT2D eigenvalue weighted by Crippen LogP contribution is -2.55. The minimum absolute atomic E-state index is 0.128. The summed E-state index contributed by atoms with van der Waals surface area (Å²) in [5.41, 5.74) is 2.25. The lowest BCUT2D eigenvalue weighted by Gasteiger charge is -2.58. The Morgan fingerprint density at radius 1 is 1.22 bits per heavy atom. The molecule has 0 aromatic rings. The Balaban J connectivity index is 1.54. The quantitative estimate of drug-likeness (QED) is 0.659. The summed E-state index contributed by atoms with van der Waals surface area (Å²) in [6, 6.07) is 0. The van der Waals surface area contributed by atoms with Gasteiger partial charge in [0.2, 0.25) is 0 Å². The highest BCUT2D eigenvalue weighted by molar-refractivity contribution is 5.93. The van der Waals surface area contributed by atoms with Gasteiger partial charge in [-0.25, -0.2) is 4.79 Å². The van der Waals surface area contributed by atoms with Gasteiger partial charge in [0.1, 0.15) is 5.60 Å². The monoisotopic (exact) mass is 367 g/mol. The molecule has 3 fully saturated rings. The molecule has 0 amide bonds. The predicted molar refractivity (Wildman–Crippen MR) is 107 cm³/mol. The number of carbonyl (C=O) groups is 1. The first kappa shape index (κ1) is 17.7. The van der Waals surface area contributed by atoms with E-state index >= 15 is 0 Å². The van der Waals surface area contributed by atoms with E-state index in [9.17, 15) is 4.79 Å². The molecule has 3 nitrogen and oxygen atoms in total. The molecule has 0 radical (unpaired) electrons. The van der Waals surface area contributed by atoms with Crippen LogP contribution in [-0.4, -0.2) is 17.3 Å². The molecule has 4 aliphatic carbocycles. The minimum atomic E-state index is -0.322. The van der Waals surface area contributed by atoms with Gasteiger partial charge in [-0.1, -0.05) is 25.8 Å². The summed E-state index contributed by atoms with van der Waals surface area (Å²) in [5, 5.41) is 8.14. The van der Waals surface area contributed by atoms with Crippen LogP contribution >= 0.6 is 0 Å². The van der Waals surface area contributed by atoms with Gasteiger partial charge in [0.25, 0.3) is 0 Å². The van der Waals surface area contributed by atoms with Crippen molar-refractivity contribution in [3.8, 4) is 0 Å². The fourth-order valence-electron chi connectivity index (χ4n) is 8.27. The van der Waals surface area contributed by atoms with Gasteiger partial charge in [-0.15, -0.1) is 0 Å². The van der Waals surface area contributed by atoms with E-state index in [0.717, 1.165) is 42.7 Å². The van der Waals surface area contributed by atoms with E-state index in [4.69, 9.17) is 10.1 Å². The Hall–Kier alpha value is -1.38. The van der Waals surface area contributed by atoms with Crippen LogP contribution in [0.3, 0.4) is 0 Å². The van der Waals surface area contributed by atoms with Crippen LogP contribution in [0.25, 0.3) is 0 Å². The third-order valence-electron chi connectivity index (χ3n) is 9.31. The molecule has 27 heavy (non-hydrogen) atoms. The van der Waals surface area contributed by atoms with E-state index in [1.54, 1.807) is 11.6 Å². The lowest BCUT2D eigenvalue weighted by molar-refractivity contribution is -0.166. The van der Waals surface area contributed by atoms with Crippen LogP contribution < -0.4 is 0 Å². The molecule has 4 unspecified atom stereocenters. The molecule has 0 bridgehead atoms. The highest BCUT2D eigenvalue weighted by Gasteiger charge is 2.67. The number of esters is 1. The van der Waals surface area contributed by atoms with Crippen molar-refractivity contribution in [3.05, 3.63) is 23.8 Å². The average Bonchev–Trinajstić information content (AvgIpc) is 3.21. The van der Waals surface area contributed by atoms with Crippen molar-refractivity contribution in [2.45, 2.75) is 77.2 Å². The van der Waals surface area contributed by atoms with E-state index in [0.29, 0.717) is 11.8 Å². The van der Waals surface area contributed by atoms with Gasteiger partial charge in [0.05, 0.1) is 0 Å². The molecule has 0 aromatic heterocycles. The lowest BCUT2D eigenvalue weighted by atomic mass is 9.47. The number of ether oxygens (including phenoxy) is 1. The summed E-state index contributed by atoms with van der Waals surface area (Å²) in [6.45, 7) is 4.69. The fourth-order valence-corrected chi connectivity index (χ4v) is 8.27. The van der Waals surface area contributed by atoms with E-state index in [-0.39, 0.29) is 17.0 Å². The molecule has 1 N–H and O–H groups in total. The second kappa shape index (κ2) is 6.06. The van der Waals surface area contributed by atoms with Gasteiger partial charge in [-0.2, -0.15) is 0 Å². The highest BCUT2D eigenvalue weighted by atomic mass is 16.6. The van der Waals surface area contributed by atoms with Gasteiger partial charge in [-0.3, -0.25) is 0 Å². The van der Waals surface area contributed by atoms with E-state index in [2.05, 4.69) is 26.0 Å². The number of fused-ring (bicyclic) bond motifs is 6. The first-order valence-electron chi connectivity index (χ1n) is 11.2. The number of rotatable bonds is 2. The zero-order valence-electron chi connectivity index (χ0n) is 16.8. The number of carbonyl (C=O) groups excluding carboxylic acids is 1. The first-order valence-corrected chi connectivity index (χ1v) is 11.2. The van der Waals surface area contributed by atoms with Crippen molar-refractivity contribution in [1.29, 1.82) is 5.41 Å². The Morgan fingerprint density at radius 3 is 2.78 bits per heavy atom. The summed E-state index contributed by atoms with van der Waals surface area (Å²) in [6.07, 6.45) is 16.5. The number of hydrogen-bond acceptors (Lipinski definition) is 3. The molecule has 5 rings (SSSR count). The van der Waals surface area contributed by atoms with Crippen molar-refractivity contribution in [2.75, 3.05) is 0 Å². The summed E-state index contributed by atoms with van der Waals surface area (Å²) in [7, 11) is 0. The standard InChI is InChI=1S/C24H33NO2/c1-3-15-13-16-14-17(25)5-6-18(16)19-7-10-23(4-2)20(22(15)19)8-11-24(23)12-9-21(26)27-24/h9,12,14-15,18-20,22,25H,3-8,10-11,13H2,1-2H3/t15?,18-,19?,20?,22?,23-,24+/m0/s1. The number of hydrogen-bond donors (Lipinski definition) is 1. The smallest absolute Gasteiger partial charge is 0.331 e. The van der Waals surface area contributed by atoms with Crippen molar-refractivity contribution in [3.63, 3.8) is 0 Å². The molecule has 7 atom stereocenters. The molecule has 3 heteroatoms. The molecule has 1 aliphatic heterocycles. The van der Waals surface area contributed by atoms with Crippen molar-refractivity contribution < 1.29 is 9.53 Å². The molecule has 0 aromatic carbocycles. The fraction of sp³-hybridized carbons (Fsp3) is 0.750. The first-order chi connectivity index (χ1) is 13.0. The molecule has 0 saturated heterocycles. The Bertz CT molecular complexity index is 737. The van der Waals surface area contributed by atoms with Crippen LogP contribution in [-0.2, 0) is 9.53 Å². The Morgan fingerprint density at radius 2 is 2.07 bits per heavy atom. The van der Waals surface area contributed by atoms with Gasteiger partial charge in [-0.05, 0) is 93.1 Å². The Labute approximate surface area is 163 Å². The van der Waals surface area contributed by atoms with Crippen molar-refractivity contribution >= 4 is 11.7 Å².